The van der Waals surface area contributed by atoms with Gasteiger partial charge in [-0.3, -0.25) is 19.2 Å². The second kappa shape index (κ2) is 24.9. The van der Waals surface area contributed by atoms with Crippen LogP contribution in [0.4, 0.5) is 0 Å². The number of piperazine rings is 1. The Kier molecular flexibility index (Phi) is 20.8. The summed E-state index contributed by atoms with van der Waals surface area (Å²) in [5.74, 6) is 0.317. The number of aliphatic imine (C=N–C) groups is 1. The molecule has 0 spiro atoms. The zero-order valence-electron chi connectivity index (χ0n) is 38.5. The number of hydrogen-bond donors (Lipinski definition) is 0. The first kappa shape index (κ1) is 50.2. The van der Waals surface area contributed by atoms with Crippen LogP contribution in [0.1, 0.15) is 92.1 Å². The lowest BCUT2D eigenvalue weighted by Crippen LogP contribution is -2.56. The molecule has 0 bridgehead atoms. The molecule has 0 aromatic heterocycles. The molecule has 0 aliphatic carbocycles. The lowest BCUT2D eigenvalue weighted by molar-refractivity contribution is -0.146. The van der Waals surface area contributed by atoms with Crippen LogP contribution < -0.4 is 0 Å². The van der Waals surface area contributed by atoms with E-state index < -0.39 is 24.3 Å². The molecule has 3 rings (SSSR count). The van der Waals surface area contributed by atoms with Gasteiger partial charge in [0.25, 0.3) is 0 Å². The van der Waals surface area contributed by atoms with E-state index in [1.807, 2.05) is 67.8 Å². The molecule has 15 nitrogen and oxygen atoms in total. The van der Waals surface area contributed by atoms with Crippen LogP contribution in [0, 0.1) is 23.7 Å². The molecule has 1 aromatic carbocycles. The average molecular weight is 838 g/mol. The standard InChI is InChI=1S/C45H75N9O6/c1-12-33(5)42(51(9)44(58)41(31(2)3)48-45(50(7)8)53-26-24-52(25-27-53)39(56)21-16-22-47-49-46)38(59-10)30-40(57)54-23-17-20-36(54)43(60-11)34(6)37(55)29-32(4)28-35-18-14-13-15-19-35/h13-15,18-19,31-34,36,38,41-43H,12,16-17,20-30H2,1-11H3/t32-,33+,34+,36+,38-,41+,42+,43-/m1/s1. The van der Waals surface area contributed by atoms with Gasteiger partial charge in [0.05, 0.1) is 30.7 Å². The number of benzene rings is 1. The molecule has 2 heterocycles. The molecule has 60 heavy (non-hydrogen) atoms. The first-order valence-electron chi connectivity index (χ1n) is 22.1. The van der Waals surface area contributed by atoms with E-state index in [1.165, 1.54) is 5.56 Å². The Morgan fingerprint density at radius 1 is 0.900 bits per heavy atom. The first-order chi connectivity index (χ1) is 28.6. The van der Waals surface area contributed by atoms with Gasteiger partial charge in [-0.05, 0) is 54.5 Å². The molecular formula is C45H75N9O6. The van der Waals surface area contributed by atoms with Crippen molar-refractivity contribution < 1.29 is 28.7 Å². The maximum atomic E-state index is 14.6. The maximum Gasteiger partial charge on any atom is 0.247 e. The summed E-state index contributed by atoms with van der Waals surface area (Å²) in [7, 11) is 8.86. The Morgan fingerprint density at radius 2 is 1.55 bits per heavy atom. The number of Topliss-reactive ketones (excluding diaryl/α,β-unsaturated/α-hetero) is 1. The molecule has 0 unspecified atom stereocenters. The minimum atomic E-state index is -0.702. The third-order valence-electron chi connectivity index (χ3n) is 12.5. The smallest absolute Gasteiger partial charge is 0.247 e. The number of nitrogens with zero attached hydrogens (tertiary/aromatic N) is 9. The van der Waals surface area contributed by atoms with Crippen molar-refractivity contribution in [3.05, 3.63) is 46.3 Å². The van der Waals surface area contributed by atoms with Crippen molar-refractivity contribution >= 4 is 29.5 Å². The molecule has 2 fully saturated rings. The molecule has 0 saturated carbocycles. The summed E-state index contributed by atoms with van der Waals surface area (Å²) in [6.07, 6.45) is 3.51. The molecule has 0 radical (unpaired) electrons. The molecule has 15 heteroatoms. The topological polar surface area (TPSA) is 164 Å². The monoisotopic (exact) mass is 838 g/mol. The summed E-state index contributed by atoms with van der Waals surface area (Å²) in [6, 6.07) is 8.86. The molecule has 2 aliphatic rings. The molecule has 2 saturated heterocycles. The highest BCUT2D eigenvalue weighted by atomic mass is 16.5. The van der Waals surface area contributed by atoms with Crippen molar-refractivity contribution in [2.45, 2.75) is 123 Å². The van der Waals surface area contributed by atoms with Gasteiger partial charge in [0.1, 0.15) is 11.8 Å². The number of amides is 3. The van der Waals surface area contributed by atoms with Crippen molar-refractivity contribution in [2.24, 2.45) is 33.8 Å². The number of likely N-dealkylation sites (tertiary alicyclic amines) is 1. The summed E-state index contributed by atoms with van der Waals surface area (Å²) >= 11 is 0. The fourth-order valence-corrected chi connectivity index (χ4v) is 8.92. The number of rotatable bonds is 22. The molecule has 336 valence electrons. The minimum Gasteiger partial charge on any atom is -0.379 e. The van der Waals surface area contributed by atoms with Gasteiger partial charge < -0.3 is 34.0 Å². The maximum absolute atomic E-state index is 14.6. The highest BCUT2D eigenvalue weighted by Gasteiger charge is 2.43. The Balaban J connectivity index is 1.75. The third-order valence-corrected chi connectivity index (χ3v) is 12.5. The van der Waals surface area contributed by atoms with E-state index in [0.717, 1.165) is 25.7 Å². The molecule has 8 atom stereocenters. The van der Waals surface area contributed by atoms with Crippen molar-refractivity contribution in [1.82, 2.24) is 24.5 Å². The third kappa shape index (κ3) is 13.9. The van der Waals surface area contributed by atoms with E-state index in [0.29, 0.717) is 64.5 Å². The Morgan fingerprint density at radius 3 is 2.12 bits per heavy atom. The van der Waals surface area contributed by atoms with Crippen LogP contribution in [0.15, 0.2) is 40.4 Å². The number of methoxy groups -OCH3 is 2. The number of guanidine groups is 1. The lowest BCUT2D eigenvalue weighted by Gasteiger charge is -2.41. The number of ketones is 1. The SMILES string of the molecule is CC[C@H](C)[C@@H]([C@@H](CC(=O)N1CCC[C@H]1[C@H](OC)[C@@H](C)C(=O)C[C@H](C)Cc1ccccc1)OC)N(C)C(=O)[C@@H](N=C(N(C)C)N1CCN(C(=O)CCCN=[N+]=[N-])CC1)C(C)C. The quantitative estimate of drug-likeness (QED) is 0.0347. The predicted molar refractivity (Wildman–Crippen MR) is 236 cm³/mol. The van der Waals surface area contributed by atoms with Gasteiger partial charge in [-0.2, -0.15) is 0 Å². The molecular weight excluding hydrogens is 763 g/mol. The molecule has 0 N–H and O–H groups in total. The van der Waals surface area contributed by atoms with E-state index in [2.05, 4.69) is 47.8 Å². The molecule has 1 aromatic rings. The Bertz CT molecular complexity index is 1590. The normalized spacial score (nSPS) is 19.5. The fraction of sp³-hybridized carbons (Fsp3) is 0.756. The number of carbonyl (C=O) groups is 4. The summed E-state index contributed by atoms with van der Waals surface area (Å²) in [6.45, 7) is 15.2. The highest BCUT2D eigenvalue weighted by molar-refractivity contribution is 5.88. The number of hydrogen-bond acceptors (Lipinski definition) is 8. The minimum absolute atomic E-state index is 0.00995. The number of likely N-dealkylation sites (N-methyl/N-ethyl adjacent to an activating group) is 1. The van der Waals surface area contributed by atoms with E-state index in [4.69, 9.17) is 20.0 Å². The van der Waals surface area contributed by atoms with Crippen LogP contribution in [0.2, 0.25) is 0 Å². The van der Waals surface area contributed by atoms with Gasteiger partial charge >= 0.3 is 0 Å². The molecule has 3 amide bonds. The summed E-state index contributed by atoms with van der Waals surface area (Å²) in [5, 5.41) is 3.53. The van der Waals surface area contributed by atoms with Gasteiger partial charge in [0.15, 0.2) is 5.96 Å². The van der Waals surface area contributed by atoms with Crippen LogP contribution in [-0.4, -0.2) is 159 Å². The first-order valence-corrected chi connectivity index (χ1v) is 22.1. The van der Waals surface area contributed by atoms with Crippen LogP contribution in [-0.2, 0) is 35.1 Å². The van der Waals surface area contributed by atoms with Crippen molar-refractivity contribution in [3.8, 4) is 0 Å². The lowest BCUT2D eigenvalue weighted by atomic mass is 9.86. The molecule has 2 aliphatic heterocycles. The van der Waals surface area contributed by atoms with Gasteiger partial charge in [0, 0.05) is 98.3 Å². The predicted octanol–water partition coefficient (Wildman–Crippen LogP) is 5.92. The summed E-state index contributed by atoms with van der Waals surface area (Å²) in [5.41, 5.74) is 9.73. The van der Waals surface area contributed by atoms with E-state index in [9.17, 15) is 19.2 Å². The summed E-state index contributed by atoms with van der Waals surface area (Å²) < 4.78 is 12.2. The number of ether oxygens (including phenoxy) is 2. The van der Waals surface area contributed by atoms with Gasteiger partial charge in [-0.25, -0.2) is 4.99 Å². The van der Waals surface area contributed by atoms with Gasteiger partial charge in [0.2, 0.25) is 17.7 Å². The highest BCUT2D eigenvalue weighted by Crippen LogP contribution is 2.31. The number of azide groups is 1. The zero-order chi connectivity index (χ0) is 44.5. The largest absolute Gasteiger partial charge is 0.379 e. The number of carbonyl (C=O) groups excluding carboxylic acids is 4. The van der Waals surface area contributed by atoms with Crippen LogP contribution >= 0.6 is 0 Å². The second-order valence-corrected chi connectivity index (χ2v) is 17.5. The second-order valence-electron chi connectivity index (χ2n) is 17.5. The zero-order valence-corrected chi connectivity index (χ0v) is 38.5. The van der Waals surface area contributed by atoms with Crippen molar-refractivity contribution in [2.75, 3.05) is 74.6 Å². The van der Waals surface area contributed by atoms with Crippen LogP contribution in [0.5, 0.6) is 0 Å². The van der Waals surface area contributed by atoms with E-state index in [1.54, 1.807) is 26.2 Å². The van der Waals surface area contributed by atoms with Crippen molar-refractivity contribution in [1.29, 1.82) is 0 Å². The average Bonchev–Trinajstić information content (AvgIpc) is 3.72. The van der Waals surface area contributed by atoms with E-state index >= 15 is 0 Å². The van der Waals surface area contributed by atoms with Crippen LogP contribution in [0.25, 0.3) is 10.4 Å². The van der Waals surface area contributed by atoms with Crippen molar-refractivity contribution in [3.63, 3.8) is 0 Å². The summed E-state index contributed by atoms with van der Waals surface area (Å²) in [4.78, 5) is 72.8. The fourth-order valence-electron chi connectivity index (χ4n) is 8.92. The Labute approximate surface area is 359 Å². The van der Waals surface area contributed by atoms with Gasteiger partial charge in [-0.1, -0.05) is 83.4 Å². The van der Waals surface area contributed by atoms with Crippen LogP contribution in [0.3, 0.4) is 0 Å². The Hall–Kier alpha value is -4.20. The van der Waals surface area contributed by atoms with Gasteiger partial charge in [-0.15, -0.1) is 0 Å². The van der Waals surface area contributed by atoms with E-state index in [-0.39, 0.29) is 59.6 Å².